The van der Waals surface area contributed by atoms with Gasteiger partial charge in [-0.05, 0) is 25.7 Å². The lowest BCUT2D eigenvalue weighted by Gasteiger charge is -2.48. The van der Waals surface area contributed by atoms with Crippen LogP contribution in [0.2, 0.25) is 0 Å². The van der Waals surface area contributed by atoms with Gasteiger partial charge in [-0.3, -0.25) is 0 Å². The Kier molecular flexibility index (Phi) is 2.99. The van der Waals surface area contributed by atoms with Crippen molar-refractivity contribution in [3.63, 3.8) is 0 Å². The van der Waals surface area contributed by atoms with Gasteiger partial charge in [0.05, 0.1) is 12.2 Å². The second-order valence-corrected chi connectivity index (χ2v) is 5.53. The maximum absolute atomic E-state index is 13.1. The van der Waals surface area contributed by atoms with Crippen molar-refractivity contribution in [1.29, 1.82) is 0 Å². The molecule has 2 nitrogen and oxygen atoms in total. The third-order valence-corrected chi connectivity index (χ3v) is 4.66. The predicted molar refractivity (Wildman–Crippen MR) is 56.4 cm³/mol. The lowest BCUT2D eigenvalue weighted by molar-refractivity contribution is -0.169. The fourth-order valence-electron chi connectivity index (χ4n) is 3.38. The van der Waals surface area contributed by atoms with Gasteiger partial charge in [-0.15, -0.1) is 0 Å². The number of hydrogen-bond donors (Lipinski definition) is 2. The SMILES string of the molecule is OCC1(C2(O)CCC(F)(F)CC2)CCCC1. The number of rotatable bonds is 2. The largest absolute Gasteiger partial charge is 0.396 e. The average molecular weight is 234 g/mol. The first kappa shape index (κ1) is 12.2. The van der Waals surface area contributed by atoms with Crippen molar-refractivity contribution >= 4 is 0 Å². The van der Waals surface area contributed by atoms with Crippen LogP contribution in [0.15, 0.2) is 0 Å². The molecule has 2 fully saturated rings. The van der Waals surface area contributed by atoms with E-state index in [1.807, 2.05) is 0 Å². The highest BCUT2D eigenvalue weighted by Gasteiger charge is 2.55. The van der Waals surface area contributed by atoms with Crippen molar-refractivity contribution in [3.05, 3.63) is 0 Å². The van der Waals surface area contributed by atoms with Crippen molar-refractivity contribution in [2.75, 3.05) is 6.61 Å². The second-order valence-electron chi connectivity index (χ2n) is 5.53. The Bertz CT molecular complexity index is 250. The molecule has 2 aliphatic rings. The fourth-order valence-corrected chi connectivity index (χ4v) is 3.38. The molecule has 2 rings (SSSR count). The van der Waals surface area contributed by atoms with E-state index in [1.54, 1.807) is 0 Å². The Morgan fingerprint density at radius 2 is 1.38 bits per heavy atom. The summed E-state index contributed by atoms with van der Waals surface area (Å²) in [5.74, 6) is -2.62. The molecule has 2 saturated carbocycles. The van der Waals surface area contributed by atoms with E-state index in [9.17, 15) is 19.0 Å². The minimum absolute atomic E-state index is 0.0743. The van der Waals surface area contributed by atoms with Gasteiger partial charge in [-0.2, -0.15) is 0 Å². The topological polar surface area (TPSA) is 40.5 Å². The van der Waals surface area contributed by atoms with Crippen LogP contribution in [-0.4, -0.2) is 28.3 Å². The van der Waals surface area contributed by atoms with Crippen LogP contribution in [0.4, 0.5) is 8.78 Å². The van der Waals surface area contributed by atoms with Crippen LogP contribution < -0.4 is 0 Å². The van der Waals surface area contributed by atoms with Crippen molar-refractivity contribution in [2.24, 2.45) is 5.41 Å². The third kappa shape index (κ3) is 1.86. The van der Waals surface area contributed by atoms with Gasteiger partial charge in [0.1, 0.15) is 0 Å². The summed E-state index contributed by atoms with van der Waals surface area (Å²) in [6, 6.07) is 0. The molecule has 0 amide bonds. The molecule has 0 aromatic carbocycles. The number of aliphatic hydroxyl groups excluding tert-OH is 1. The molecule has 0 unspecified atom stereocenters. The molecule has 94 valence electrons. The van der Waals surface area contributed by atoms with Crippen LogP contribution in [0.5, 0.6) is 0 Å². The summed E-state index contributed by atoms with van der Waals surface area (Å²) in [6.45, 7) is -0.0743. The quantitative estimate of drug-likeness (QED) is 0.770. The van der Waals surface area contributed by atoms with Crippen molar-refractivity contribution in [2.45, 2.75) is 62.9 Å². The van der Waals surface area contributed by atoms with Crippen LogP contribution in [-0.2, 0) is 0 Å². The zero-order chi connectivity index (χ0) is 11.9. The number of aliphatic hydroxyl groups is 2. The normalized spacial score (nSPS) is 31.5. The molecular weight excluding hydrogens is 214 g/mol. The van der Waals surface area contributed by atoms with Gasteiger partial charge in [0.15, 0.2) is 0 Å². The zero-order valence-corrected chi connectivity index (χ0v) is 9.51. The van der Waals surface area contributed by atoms with Gasteiger partial charge in [-0.25, -0.2) is 8.78 Å². The zero-order valence-electron chi connectivity index (χ0n) is 9.51. The van der Waals surface area contributed by atoms with Crippen molar-refractivity contribution < 1.29 is 19.0 Å². The Morgan fingerprint density at radius 1 is 0.875 bits per heavy atom. The van der Waals surface area contributed by atoms with Gasteiger partial charge in [0.25, 0.3) is 0 Å². The van der Waals surface area contributed by atoms with E-state index in [0.29, 0.717) is 0 Å². The minimum Gasteiger partial charge on any atom is -0.396 e. The Labute approximate surface area is 94.7 Å². The summed E-state index contributed by atoms with van der Waals surface area (Å²) in [5.41, 5.74) is -1.58. The molecule has 16 heavy (non-hydrogen) atoms. The van der Waals surface area contributed by atoms with Crippen LogP contribution in [0, 0.1) is 5.41 Å². The predicted octanol–water partition coefficient (Wildman–Crippen LogP) is 2.48. The summed E-state index contributed by atoms with van der Waals surface area (Å²) >= 11 is 0. The maximum Gasteiger partial charge on any atom is 0.248 e. The first-order valence-electron chi connectivity index (χ1n) is 6.14. The molecule has 0 aliphatic heterocycles. The van der Waals surface area contributed by atoms with E-state index in [2.05, 4.69) is 0 Å². The first-order chi connectivity index (χ1) is 7.43. The van der Waals surface area contributed by atoms with E-state index >= 15 is 0 Å². The van der Waals surface area contributed by atoms with Gasteiger partial charge < -0.3 is 10.2 Å². The van der Waals surface area contributed by atoms with E-state index in [4.69, 9.17) is 0 Å². The number of alkyl halides is 2. The van der Waals surface area contributed by atoms with Gasteiger partial charge in [0, 0.05) is 18.3 Å². The minimum atomic E-state index is -2.62. The average Bonchev–Trinajstić information content (AvgIpc) is 2.73. The van der Waals surface area contributed by atoms with Crippen LogP contribution in [0.1, 0.15) is 51.4 Å². The molecule has 0 atom stereocenters. The van der Waals surface area contributed by atoms with Crippen molar-refractivity contribution in [3.8, 4) is 0 Å². The standard InChI is InChI=1S/C12H20F2O2/c13-12(14)7-5-11(16,6-8-12)10(9-15)3-1-2-4-10/h15-16H,1-9H2. The molecule has 0 heterocycles. The summed E-state index contributed by atoms with van der Waals surface area (Å²) in [6.07, 6.45) is 3.27. The summed E-state index contributed by atoms with van der Waals surface area (Å²) < 4.78 is 26.2. The highest BCUT2D eigenvalue weighted by Crippen LogP contribution is 2.54. The van der Waals surface area contributed by atoms with E-state index in [-0.39, 0.29) is 32.3 Å². The maximum atomic E-state index is 13.1. The van der Waals surface area contributed by atoms with Crippen LogP contribution >= 0.6 is 0 Å². The van der Waals surface area contributed by atoms with Crippen LogP contribution in [0.3, 0.4) is 0 Å². The number of halogens is 2. The van der Waals surface area contributed by atoms with E-state index in [0.717, 1.165) is 25.7 Å². The first-order valence-corrected chi connectivity index (χ1v) is 6.14. The summed E-state index contributed by atoms with van der Waals surface area (Å²) in [7, 11) is 0. The Morgan fingerprint density at radius 3 is 1.81 bits per heavy atom. The highest BCUT2D eigenvalue weighted by atomic mass is 19.3. The van der Waals surface area contributed by atoms with Crippen molar-refractivity contribution in [1.82, 2.24) is 0 Å². The molecule has 0 spiro atoms. The molecule has 2 aliphatic carbocycles. The molecule has 0 aromatic rings. The molecule has 0 aromatic heterocycles. The van der Waals surface area contributed by atoms with Gasteiger partial charge in [-0.1, -0.05) is 12.8 Å². The molecule has 4 heteroatoms. The smallest absolute Gasteiger partial charge is 0.248 e. The van der Waals surface area contributed by atoms with Gasteiger partial charge >= 0.3 is 0 Å². The highest BCUT2D eigenvalue weighted by molar-refractivity contribution is 5.04. The lowest BCUT2D eigenvalue weighted by atomic mass is 9.64. The van der Waals surface area contributed by atoms with Crippen LogP contribution in [0.25, 0.3) is 0 Å². The monoisotopic (exact) mass is 234 g/mol. The molecule has 2 N–H and O–H groups in total. The Hall–Kier alpha value is -0.220. The molecular formula is C12H20F2O2. The third-order valence-electron chi connectivity index (χ3n) is 4.66. The Balaban J connectivity index is 2.13. The molecule has 0 saturated heterocycles. The molecule has 0 bridgehead atoms. The van der Waals surface area contributed by atoms with E-state index in [1.165, 1.54) is 0 Å². The number of hydrogen-bond acceptors (Lipinski definition) is 2. The molecule has 0 radical (unpaired) electrons. The second kappa shape index (κ2) is 3.91. The van der Waals surface area contributed by atoms with Gasteiger partial charge in [0.2, 0.25) is 5.92 Å². The van der Waals surface area contributed by atoms with E-state index < -0.39 is 16.9 Å². The lowest BCUT2D eigenvalue weighted by Crippen LogP contribution is -2.52. The summed E-state index contributed by atoms with van der Waals surface area (Å²) in [4.78, 5) is 0. The fraction of sp³-hybridized carbons (Fsp3) is 1.00. The summed E-state index contributed by atoms with van der Waals surface area (Å²) in [5, 5.41) is 20.1.